The molecule has 0 aromatic carbocycles. The molecule has 2 aromatic rings. The third kappa shape index (κ3) is 1.64. The maximum absolute atomic E-state index is 8.85. The lowest BCUT2D eigenvalue weighted by Gasteiger charge is -2.09. The van der Waals surface area contributed by atoms with E-state index in [2.05, 4.69) is 16.0 Å². The van der Waals surface area contributed by atoms with Crippen LogP contribution in [0.1, 0.15) is 19.4 Å². The molecule has 0 spiro atoms. The Morgan fingerprint density at radius 2 is 2.33 bits per heavy atom. The quantitative estimate of drug-likeness (QED) is 0.810. The Morgan fingerprint density at radius 3 is 3.00 bits per heavy atom. The summed E-state index contributed by atoms with van der Waals surface area (Å²) in [5.41, 5.74) is 1.98. The predicted molar refractivity (Wildman–Crippen MR) is 56.6 cm³/mol. The fourth-order valence-electron chi connectivity index (χ4n) is 1.44. The van der Waals surface area contributed by atoms with E-state index in [9.17, 15) is 0 Å². The van der Waals surface area contributed by atoms with E-state index in [0.29, 0.717) is 11.1 Å². The first-order valence-electron chi connectivity index (χ1n) is 4.75. The van der Waals surface area contributed by atoms with E-state index in [1.54, 1.807) is 18.5 Å². The molecule has 0 amide bonds. The van der Waals surface area contributed by atoms with Crippen molar-refractivity contribution in [2.24, 2.45) is 0 Å². The second-order valence-electron chi connectivity index (χ2n) is 3.51. The van der Waals surface area contributed by atoms with Gasteiger partial charge in [0.05, 0.1) is 11.7 Å². The summed E-state index contributed by atoms with van der Waals surface area (Å²) in [5.74, 6) is 0.733. The summed E-state index contributed by atoms with van der Waals surface area (Å²) in [6.07, 6.45) is 3.39. The van der Waals surface area contributed by atoms with Crippen molar-refractivity contribution in [3.05, 3.63) is 24.0 Å². The average molecular weight is 201 g/mol. The van der Waals surface area contributed by atoms with E-state index < -0.39 is 0 Å². The Morgan fingerprint density at radius 1 is 1.53 bits per heavy atom. The van der Waals surface area contributed by atoms with E-state index in [1.807, 2.05) is 13.8 Å². The molecule has 0 atom stereocenters. The number of nitrogens with zero attached hydrogens (tertiary/aromatic N) is 2. The third-order valence-corrected chi connectivity index (χ3v) is 2.01. The molecule has 76 valence electrons. The van der Waals surface area contributed by atoms with Crippen molar-refractivity contribution in [1.29, 1.82) is 5.26 Å². The largest absolute Gasteiger partial charge is 0.489 e. The van der Waals surface area contributed by atoms with Crippen molar-refractivity contribution >= 4 is 11.0 Å². The standard InChI is InChI=1S/C11H11N3O/c1-7(2)15-9-3-4-13-10-8(5-12)6-14-11(9)10/h3-4,6-7,14H,1-2H3. The van der Waals surface area contributed by atoms with Crippen LogP contribution in [0.25, 0.3) is 11.0 Å². The van der Waals surface area contributed by atoms with Crippen LogP contribution >= 0.6 is 0 Å². The molecular weight excluding hydrogens is 190 g/mol. The van der Waals surface area contributed by atoms with E-state index in [1.165, 1.54) is 0 Å². The van der Waals surface area contributed by atoms with Crippen molar-refractivity contribution < 1.29 is 4.74 Å². The van der Waals surface area contributed by atoms with E-state index >= 15 is 0 Å². The summed E-state index contributed by atoms with van der Waals surface area (Å²) < 4.78 is 5.60. The number of fused-ring (bicyclic) bond motifs is 1. The summed E-state index contributed by atoms with van der Waals surface area (Å²) >= 11 is 0. The maximum atomic E-state index is 8.85. The Labute approximate surface area is 87.5 Å². The Hall–Kier alpha value is -2.02. The van der Waals surface area contributed by atoms with Gasteiger partial charge in [0.15, 0.2) is 0 Å². The molecule has 0 bridgehead atoms. The molecule has 0 aliphatic carbocycles. The number of hydrogen-bond donors (Lipinski definition) is 1. The summed E-state index contributed by atoms with van der Waals surface area (Å²) in [5, 5.41) is 8.85. The van der Waals surface area contributed by atoms with Crippen LogP contribution in [-0.4, -0.2) is 16.1 Å². The molecule has 2 heterocycles. The van der Waals surface area contributed by atoms with Gasteiger partial charge in [-0.15, -0.1) is 0 Å². The number of aromatic nitrogens is 2. The molecule has 0 fully saturated rings. The zero-order valence-electron chi connectivity index (χ0n) is 8.61. The first-order chi connectivity index (χ1) is 7.22. The van der Waals surface area contributed by atoms with Crippen molar-refractivity contribution in [2.45, 2.75) is 20.0 Å². The van der Waals surface area contributed by atoms with Crippen LogP contribution in [0.4, 0.5) is 0 Å². The topological polar surface area (TPSA) is 61.7 Å². The van der Waals surface area contributed by atoms with Gasteiger partial charge in [-0.2, -0.15) is 5.26 Å². The number of nitriles is 1. The Balaban J connectivity index is 2.58. The molecule has 4 heteroatoms. The van der Waals surface area contributed by atoms with Crippen LogP contribution in [0.3, 0.4) is 0 Å². The normalized spacial score (nSPS) is 10.5. The highest BCUT2D eigenvalue weighted by Crippen LogP contribution is 2.25. The first-order valence-corrected chi connectivity index (χ1v) is 4.75. The zero-order chi connectivity index (χ0) is 10.8. The summed E-state index contributed by atoms with van der Waals surface area (Å²) in [6, 6.07) is 3.87. The predicted octanol–water partition coefficient (Wildman–Crippen LogP) is 2.22. The van der Waals surface area contributed by atoms with Gasteiger partial charge in [0.25, 0.3) is 0 Å². The van der Waals surface area contributed by atoms with Gasteiger partial charge in [-0.1, -0.05) is 0 Å². The molecule has 0 aliphatic heterocycles. The lowest BCUT2D eigenvalue weighted by Crippen LogP contribution is -2.05. The van der Waals surface area contributed by atoms with Crippen LogP contribution in [-0.2, 0) is 0 Å². The molecule has 0 radical (unpaired) electrons. The number of pyridine rings is 1. The van der Waals surface area contributed by atoms with E-state index in [0.717, 1.165) is 11.3 Å². The van der Waals surface area contributed by atoms with Crippen molar-refractivity contribution in [3.8, 4) is 11.8 Å². The van der Waals surface area contributed by atoms with Crippen LogP contribution < -0.4 is 4.74 Å². The molecular formula is C11H11N3O. The highest BCUT2D eigenvalue weighted by Gasteiger charge is 2.09. The van der Waals surface area contributed by atoms with Gasteiger partial charge in [-0.05, 0) is 13.8 Å². The van der Waals surface area contributed by atoms with Gasteiger partial charge in [0, 0.05) is 18.5 Å². The fraction of sp³-hybridized carbons (Fsp3) is 0.273. The second-order valence-corrected chi connectivity index (χ2v) is 3.51. The highest BCUT2D eigenvalue weighted by atomic mass is 16.5. The number of hydrogen-bond acceptors (Lipinski definition) is 3. The van der Waals surface area contributed by atoms with Crippen LogP contribution in [0.2, 0.25) is 0 Å². The van der Waals surface area contributed by atoms with Crippen molar-refractivity contribution in [1.82, 2.24) is 9.97 Å². The smallest absolute Gasteiger partial charge is 0.146 e. The second kappa shape index (κ2) is 3.62. The number of rotatable bonds is 2. The van der Waals surface area contributed by atoms with Gasteiger partial charge >= 0.3 is 0 Å². The average Bonchev–Trinajstić information content (AvgIpc) is 2.61. The first kappa shape index (κ1) is 9.53. The Kier molecular flexibility index (Phi) is 2.30. The van der Waals surface area contributed by atoms with Gasteiger partial charge in [-0.25, -0.2) is 0 Å². The number of nitrogens with one attached hydrogen (secondary N) is 1. The van der Waals surface area contributed by atoms with Gasteiger partial charge in [0.1, 0.15) is 22.9 Å². The monoisotopic (exact) mass is 201 g/mol. The minimum Gasteiger partial charge on any atom is -0.489 e. The van der Waals surface area contributed by atoms with E-state index in [-0.39, 0.29) is 6.10 Å². The molecule has 1 N–H and O–H groups in total. The van der Waals surface area contributed by atoms with Gasteiger partial charge < -0.3 is 9.72 Å². The Bertz CT molecular complexity index is 522. The molecule has 15 heavy (non-hydrogen) atoms. The number of H-pyrrole nitrogens is 1. The molecule has 0 aliphatic rings. The molecule has 0 saturated heterocycles. The molecule has 2 aromatic heterocycles. The number of aromatic amines is 1. The minimum atomic E-state index is 0.101. The third-order valence-electron chi connectivity index (χ3n) is 2.01. The summed E-state index contributed by atoms with van der Waals surface area (Å²) in [7, 11) is 0. The maximum Gasteiger partial charge on any atom is 0.146 e. The summed E-state index contributed by atoms with van der Waals surface area (Å²) in [4.78, 5) is 7.15. The van der Waals surface area contributed by atoms with Crippen LogP contribution in [0, 0.1) is 11.3 Å². The van der Waals surface area contributed by atoms with Crippen molar-refractivity contribution in [2.75, 3.05) is 0 Å². The lowest BCUT2D eigenvalue weighted by molar-refractivity contribution is 0.245. The van der Waals surface area contributed by atoms with E-state index in [4.69, 9.17) is 10.00 Å². The molecule has 0 saturated carbocycles. The number of ether oxygens (including phenoxy) is 1. The van der Waals surface area contributed by atoms with Gasteiger partial charge in [-0.3, -0.25) is 4.98 Å². The molecule has 0 unspecified atom stereocenters. The SMILES string of the molecule is CC(C)Oc1ccnc2c(C#N)c[nH]c12. The van der Waals surface area contributed by atoms with Gasteiger partial charge in [0.2, 0.25) is 0 Å². The minimum absolute atomic E-state index is 0.101. The lowest BCUT2D eigenvalue weighted by atomic mass is 10.3. The van der Waals surface area contributed by atoms with Crippen LogP contribution in [0.15, 0.2) is 18.5 Å². The van der Waals surface area contributed by atoms with Crippen LogP contribution in [0.5, 0.6) is 5.75 Å². The zero-order valence-corrected chi connectivity index (χ0v) is 8.61. The molecule has 2 rings (SSSR count). The molecule has 4 nitrogen and oxygen atoms in total. The highest BCUT2D eigenvalue weighted by molar-refractivity contribution is 5.86. The fourth-order valence-corrected chi connectivity index (χ4v) is 1.44. The summed E-state index contributed by atoms with van der Waals surface area (Å²) in [6.45, 7) is 3.92. The van der Waals surface area contributed by atoms with Crippen molar-refractivity contribution in [3.63, 3.8) is 0 Å².